The van der Waals surface area contributed by atoms with Crippen molar-refractivity contribution in [1.29, 1.82) is 0 Å². The highest BCUT2D eigenvalue weighted by Gasteiger charge is 2.13. The largest absolute Gasteiger partial charge is 0.298 e. The second-order valence-corrected chi connectivity index (χ2v) is 2.01. The van der Waals surface area contributed by atoms with Crippen LogP contribution in [0.2, 0.25) is 0 Å². The number of carbonyl (C=O) groups excluding carboxylic acids is 2. The van der Waals surface area contributed by atoms with E-state index in [0.29, 0.717) is 6.29 Å². The Hall–Kier alpha value is -1.44. The van der Waals surface area contributed by atoms with Crippen molar-refractivity contribution in [3.8, 4) is 0 Å². The highest BCUT2D eigenvalue weighted by molar-refractivity contribution is 5.98. The number of aldehydes is 1. The van der Waals surface area contributed by atoms with Gasteiger partial charge >= 0.3 is 0 Å². The molecular weight excluding hydrogens is 140 g/mol. The number of carbonyl (C=O) groups is 2. The number of hydrogen-bond acceptors (Lipinski definition) is 2. The third-order valence-electron chi connectivity index (χ3n) is 1.29. The summed E-state index contributed by atoms with van der Waals surface area (Å²) < 4.78 is 0. The molecule has 0 saturated heterocycles. The summed E-state index contributed by atoms with van der Waals surface area (Å²) >= 11 is 0. The molecule has 0 aromatic carbocycles. The van der Waals surface area contributed by atoms with Crippen molar-refractivity contribution in [2.75, 3.05) is 0 Å². The van der Waals surface area contributed by atoms with Crippen molar-refractivity contribution in [3.05, 3.63) is 37.5 Å². The van der Waals surface area contributed by atoms with E-state index < -0.39 is 5.92 Å². The fourth-order valence-electron chi connectivity index (χ4n) is 0.651. The fourth-order valence-corrected chi connectivity index (χ4v) is 0.651. The first-order valence-corrected chi connectivity index (χ1v) is 3.10. The van der Waals surface area contributed by atoms with E-state index in [1.807, 2.05) is 0 Å². The zero-order valence-corrected chi connectivity index (χ0v) is 6.25. The fraction of sp³-hybridized carbons (Fsp3) is 0.111. The van der Waals surface area contributed by atoms with Crippen molar-refractivity contribution in [2.24, 2.45) is 5.92 Å². The lowest BCUT2D eigenvalue weighted by atomic mass is 9.97. The number of allylic oxidation sites excluding steroid dienone is 3. The summed E-state index contributed by atoms with van der Waals surface area (Å²) in [4.78, 5) is 21.1. The number of rotatable bonds is 5. The van der Waals surface area contributed by atoms with Gasteiger partial charge in [-0.15, -0.1) is 6.58 Å². The Morgan fingerprint density at radius 2 is 1.91 bits per heavy atom. The van der Waals surface area contributed by atoms with Crippen LogP contribution in [-0.4, -0.2) is 12.1 Å². The van der Waals surface area contributed by atoms with Crippen LogP contribution in [0.15, 0.2) is 37.5 Å². The van der Waals surface area contributed by atoms with Gasteiger partial charge in [-0.05, 0) is 11.6 Å². The van der Waals surface area contributed by atoms with Crippen LogP contribution in [0.4, 0.5) is 0 Å². The number of hydrogen-bond donors (Lipinski definition) is 0. The molecule has 0 fully saturated rings. The SMILES string of the molecule is C=CC(=O)C(C=C)C(=C)C=O. The lowest BCUT2D eigenvalue weighted by Crippen LogP contribution is -2.11. The maximum atomic E-state index is 10.9. The second kappa shape index (κ2) is 4.39. The van der Waals surface area contributed by atoms with Gasteiger partial charge in [0.25, 0.3) is 0 Å². The van der Waals surface area contributed by atoms with Gasteiger partial charge in [-0.2, -0.15) is 0 Å². The van der Waals surface area contributed by atoms with Crippen LogP contribution in [0.3, 0.4) is 0 Å². The maximum absolute atomic E-state index is 10.9. The van der Waals surface area contributed by atoms with Crippen molar-refractivity contribution < 1.29 is 9.59 Å². The molecule has 0 rings (SSSR count). The first-order chi connectivity index (χ1) is 5.17. The minimum atomic E-state index is -0.606. The molecule has 0 aliphatic rings. The molecule has 0 spiro atoms. The molecule has 0 bridgehead atoms. The van der Waals surface area contributed by atoms with Crippen molar-refractivity contribution in [2.45, 2.75) is 0 Å². The highest BCUT2D eigenvalue weighted by atomic mass is 16.1. The zero-order chi connectivity index (χ0) is 8.85. The molecular formula is C9H10O2. The summed E-state index contributed by atoms with van der Waals surface area (Å²) in [6.45, 7) is 10.1. The second-order valence-electron chi connectivity index (χ2n) is 2.01. The molecule has 0 amide bonds. The maximum Gasteiger partial charge on any atom is 0.166 e. The van der Waals surface area contributed by atoms with E-state index in [1.54, 1.807) is 0 Å². The Balaban J connectivity index is 4.51. The molecule has 1 atom stereocenters. The van der Waals surface area contributed by atoms with Gasteiger partial charge in [0.1, 0.15) is 6.29 Å². The monoisotopic (exact) mass is 150 g/mol. The molecule has 11 heavy (non-hydrogen) atoms. The van der Waals surface area contributed by atoms with Gasteiger partial charge in [0.2, 0.25) is 0 Å². The smallest absolute Gasteiger partial charge is 0.166 e. The van der Waals surface area contributed by atoms with Gasteiger partial charge in [0, 0.05) is 0 Å². The van der Waals surface area contributed by atoms with Crippen LogP contribution in [0.25, 0.3) is 0 Å². The Bertz CT molecular complexity index is 194. The zero-order valence-electron chi connectivity index (χ0n) is 6.25. The molecule has 0 aromatic heterocycles. The predicted molar refractivity (Wildman–Crippen MR) is 44.1 cm³/mol. The van der Waals surface area contributed by atoms with Crippen LogP contribution < -0.4 is 0 Å². The summed E-state index contributed by atoms with van der Waals surface area (Å²) in [7, 11) is 0. The lowest BCUT2D eigenvalue weighted by molar-refractivity contribution is -0.117. The molecule has 0 aliphatic carbocycles. The van der Waals surface area contributed by atoms with Crippen LogP contribution in [-0.2, 0) is 9.59 Å². The third kappa shape index (κ3) is 2.34. The molecule has 0 saturated carbocycles. The van der Waals surface area contributed by atoms with E-state index >= 15 is 0 Å². The average molecular weight is 150 g/mol. The summed E-state index contributed by atoms with van der Waals surface area (Å²) in [6.07, 6.45) is 3.08. The van der Waals surface area contributed by atoms with Gasteiger partial charge in [0.05, 0.1) is 5.92 Å². The van der Waals surface area contributed by atoms with Gasteiger partial charge in [-0.3, -0.25) is 9.59 Å². The van der Waals surface area contributed by atoms with Crippen molar-refractivity contribution in [1.82, 2.24) is 0 Å². The van der Waals surface area contributed by atoms with E-state index in [-0.39, 0.29) is 11.4 Å². The summed E-state index contributed by atoms with van der Waals surface area (Å²) in [5.41, 5.74) is 0.213. The van der Waals surface area contributed by atoms with E-state index in [9.17, 15) is 9.59 Å². The van der Waals surface area contributed by atoms with Crippen molar-refractivity contribution in [3.63, 3.8) is 0 Å². The van der Waals surface area contributed by atoms with Gasteiger partial charge in [-0.25, -0.2) is 0 Å². The molecule has 0 aliphatic heterocycles. The van der Waals surface area contributed by atoms with Gasteiger partial charge < -0.3 is 0 Å². The molecule has 0 radical (unpaired) electrons. The Morgan fingerprint density at radius 1 is 1.36 bits per heavy atom. The van der Waals surface area contributed by atoms with Crippen LogP contribution in [0, 0.1) is 5.92 Å². The standard InChI is InChI=1S/C9H10O2/c1-4-8(7(3)6-10)9(11)5-2/h4-6,8H,1-3H2. The van der Waals surface area contributed by atoms with E-state index in [0.717, 1.165) is 6.08 Å². The molecule has 0 N–H and O–H groups in total. The first-order valence-electron chi connectivity index (χ1n) is 3.10. The molecule has 2 heteroatoms. The average Bonchev–Trinajstić information content (AvgIpc) is 2.05. The highest BCUT2D eigenvalue weighted by Crippen LogP contribution is 2.09. The molecule has 1 unspecified atom stereocenters. The minimum Gasteiger partial charge on any atom is -0.298 e. The van der Waals surface area contributed by atoms with E-state index in [2.05, 4.69) is 19.7 Å². The quantitative estimate of drug-likeness (QED) is 0.336. The molecule has 0 aromatic rings. The van der Waals surface area contributed by atoms with Gasteiger partial charge in [0.15, 0.2) is 5.78 Å². The topological polar surface area (TPSA) is 34.1 Å². The van der Waals surface area contributed by atoms with Gasteiger partial charge in [-0.1, -0.05) is 19.2 Å². The Kier molecular flexibility index (Phi) is 3.81. The first kappa shape index (κ1) is 9.56. The normalized spacial score (nSPS) is 11.3. The van der Waals surface area contributed by atoms with E-state index in [4.69, 9.17) is 0 Å². The lowest BCUT2D eigenvalue weighted by Gasteiger charge is -2.04. The minimum absolute atomic E-state index is 0.213. The van der Waals surface area contributed by atoms with Crippen LogP contribution >= 0.6 is 0 Å². The molecule has 2 nitrogen and oxygen atoms in total. The van der Waals surface area contributed by atoms with Crippen LogP contribution in [0.1, 0.15) is 0 Å². The molecule has 0 heterocycles. The van der Waals surface area contributed by atoms with Crippen molar-refractivity contribution >= 4 is 12.1 Å². The number of ketones is 1. The Morgan fingerprint density at radius 3 is 2.18 bits per heavy atom. The summed E-state index contributed by atoms with van der Waals surface area (Å²) in [5.74, 6) is -0.859. The molecule has 58 valence electrons. The summed E-state index contributed by atoms with van der Waals surface area (Å²) in [6, 6.07) is 0. The van der Waals surface area contributed by atoms with E-state index in [1.165, 1.54) is 6.08 Å². The third-order valence-corrected chi connectivity index (χ3v) is 1.29. The summed E-state index contributed by atoms with van der Waals surface area (Å²) in [5, 5.41) is 0. The van der Waals surface area contributed by atoms with Crippen LogP contribution in [0.5, 0.6) is 0 Å². The Labute approximate surface area is 65.9 Å². The predicted octanol–water partition coefficient (Wildman–Crippen LogP) is 1.30.